The van der Waals surface area contributed by atoms with Gasteiger partial charge in [-0.3, -0.25) is 0 Å². The zero-order valence-electron chi connectivity index (χ0n) is 17.6. The van der Waals surface area contributed by atoms with E-state index in [0.717, 1.165) is 38.0 Å². The fraction of sp³-hybridized carbons (Fsp3) is 0.696. The summed E-state index contributed by atoms with van der Waals surface area (Å²) in [5.41, 5.74) is 1.93. The molecule has 1 spiro atoms. The second-order valence-corrected chi connectivity index (χ2v) is 8.79. The van der Waals surface area contributed by atoms with Crippen LogP contribution < -0.4 is 10.2 Å². The Balaban J connectivity index is 1.30. The number of anilines is 2. The number of aliphatic hydroxyl groups excluding tert-OH is 1. The van der Waals surface area contributed by atoms with E-state index in [9.17, 15) is 9.90 Å². The van der Waals surface area contributed by atoms with Gasteiger partial charge >= 0.3 is 6.03 Å². The molecule has 1 aromatic carbocycles. The van der Waals surface area contributed by atoms with Gasteiger partial charge in [0.2, 0.25) is 0 Å². The van der Waals surface area contributed by atoms with E-state index in [-0.39, 0.29) is 23.7 Å². The Bertz CT molecular complexity index is 675. The summed E-state index contributed by atoms with van der Waals surface area (Å²) in [6.07, 6.45) is 7.34. The average Bonchev–Trinajstić information content (AvgIpc) is 3.04. The van der Waals surface area contributed by atoms with Crippen LogP contribution in [0.1, 0.15) is 51.9 Å². The van der Waals surface area contributed by atoms with Crippen molar-refractivity contribution in [3.63, 3.8) is 0 Å². The number of carbonyl (C=O) groups excluding carboxylic acids is 1. The van der Waals surface area contributed by atoms with Crippen molar-refractivity contribution >= 4 is 17.4 Å². The van der Waals surface area contributed by atoms with Crippen molar-refractivity contribution < 1.29 is 14.6 Å². The van der Waals surface area contributed by atoms with Crippen LogP contribution >= 0.6 is 0 Å². The molecule has 1 aliphatic carbocycles. The minimum Gasteiger partial charge on any atom is -0.392 e. The van der Waals surface area contributed by atoms with Crippen LogP contribution in [0.4, 0.5) is 16.2 Å². The van der Waals surface area contributed by atoms with Gasteiger partial charge in [-0.05, 0) is 56.9 Å². The molecule has 6 nitrogen and oxygen atoms in total. The number of urea groups is 1. The Morgan fingerprint density at radius 2 is 1.76 bits per heavy atom. The maximum absolute atomic E-state index is 12.7. The highest BCUT2D eigenvalue weighted by Crippen LogP contribution is 2.50. The number of benzene rings is 1. The highest BCUT2D eigenvalue weighted by atomic mass is 16.5. The van der Waals surface area contributed by atoms with Crippen LogP contribution in [0.3, 0.4) is 0 Å². The number of carbonyl (C=O) groups is 1. The highest BCUT2D eigenvalue weighted by Gasteiger charge is 2.56. The SMILES string of the molecule is CCO[C@@H]1C[C@H](O)C12CCN(C(=O)Nc1ccc(N3CCCCCC3)cc1)CC2. The maximum atomic E-state index is 12.7. The van der Waals surface area contributed by atoms with E-state index in [4.69, 9.17) is 4.74 Å². The zero-order valence-corrected chi connectivity index (χ0v) is 17.6. The predicted molar refractivity (Wildman–Crippen MR) is 115 cm³/mol. The third-order valence-electron chi connectivity index (χ3n) is 7.18. The number of amides is 2. The number of piperidine rings is 1. The number of likely N-dealkylation sites (tertiary alicyclic amines) is 1. The molecule has 0 aromatic heterocycles. The molecule has 0 radical (unpaired) electrons. The molecule has 1 aromatic rings. The van der Waals surface area contributed by atoms with Crippen LogP contribution in [-0.2, 0) is 4.74 Å². The fourth-order valence-corrected chi connectivity index (χ4v) is 5.23. The smallest absolute Gasteiger partial charge is 0.321 e. The van der Waals surface area contributed by atoms with Crippen molar-refractivity contribution in [1.29, 1.82) is 0 Å². The molecule has 2 N–H and O–H groups in total. The van der Waals surface area contributed by atoms with Gasteiger partial charge in [-0.2, -0.15) is 0 Å². The van der Waals surface area contributed by atoms with Crippen molar-refractivity contribution in [3.05, 3.63) is 24.3 Å². The summed E-state index contributed by atoms with van der Waals surface area (Å²) < 4.78 is 5.82. The summed E-state index contributed by atoms with van der Waals surface area (Å²) in [6.45, 7) is 6.25. The largest absolute Gasteiger partial charge is 0.392 e. The molecule has 3 aliphatic rings. The van der Waals surface area contributed by atoms with E-state index in [1.54, 1.807) is 0 Å². The summed E-state index contributed by atoms with van der Waals surface area (Å²) in [4.78, 5) is 17.0. The van der Waals surface area contributed by atoms with Crippen molar-refractivity contribution in [2.45, 2.75) is 64.1 Å². The van der Waals surface area contributed by atoms with Crippen LogP contribution in [0.25, 0.3) is 0 Å². The van der Waals surface area contributed by atoms with Crippen LogP contribution in [0, 0.1) is 5.41 Å². The molecule has 2 amide bonds. The van der Waals surface area contributed by atoms with E-state index in [2.05, 4.69) is 22.3 Å². The molecule has 4 rings (SSSR count). The molecular weight excluding hydrogens is 366 g/mol. The maximum Gasteiger partial charge on any atom is 0.321 e. The second-order valence-electron chi connectivity index (χ2n) is 8.79. The summed E-state index contributed by atoms with van der Waals surface area (Å²) in [5.74, 6) is 0. The van der Waals surface area contributed by atoms with Gasteiger partial charge < -0.3 is 25.0 Å². The lowest BCUT2D eigenvalue weighted by Crippen LogP contribution is -2.63. The third kappa shape index (κ3) is 4.24. The topological polar surface area (TPSA) is 65.0 Å². The zero-order chi connectivity index (χ0) is 20.3. The van der Waals surface area contributed by atoms with Crippen LogP contribution in [0.2, 0.25) is 0 Å². The summed E-state index contributed by atoms with van der Waals surface area (Å²) in [7, 11) is 0. The Morgan fingerprint density at radius 1 is 1.10 bits per heavy atom. The van der Waals surface area contributed by atoms with E-state index >= 15 is 0 Å². The number of nitrogens with one attached hydrogen (secondary N) is 1. The predicted octanol–water partition coefficient (Wildman–Crippen LogP) is 3.85. The number of nitrogens with zero attached hydrogens (tertiary/aromatic N) is 2. The highest BCUT2D eigenvalue weighted by molar-refractivity contribution is 5.89. The molecule has 2 heterocycles. The van der Waals surface area contributed by atoms with Gasteiger partial charge in [0.15, 0.2) is 0 Å². The van der Waals surface area contributed by atoms with Crippen molar-refractivity contribution in [1.82, 2.24) is 4.90 Å². The molecular formula is C23H35N3O3. The van der Waals surface area contributed by atoms with Gasteiger partial charge in [0, 0.05) is 56.0 Å². The number of hydrogen-bond acceptors (Lipinski definition) is 4. The molecule has 160 valence electrons. The van der Waals surface area contributed by atoms with Gasteiger partial charge in [0.05, 0.1) is 12.2 Å². The molecule has 3 fully saturated rings. The van der Waals surface area contributed by atoms with Gasteiger partial charge in [0.25, 0.3) is 0 Å². The first-order valence-electron chi connectivity index (χ1n) is 11.3. The van der Waals surface area contributed by atoms with Crippen LogP contribution in [-0.4, -0.2) is 61.0 Å². The molecule has 2 atom stereocenters. The second kappa shape index (κ2) is 8.92. The normalized spacial score (nSPS) is 26.7. The van der Waals surface area contributed by atoms with Gasteiger partial charge in [-0.1, -0.05) is 12.8 Å². The minimum atomic E-state index is -0.296. The first-order chi connectivity index (χ1) is 14.1. The lowest BCUT2D eigenvalue weighted by Gasteiger charge is -2.56. The van der Waals surface area contributed by atoms with Crippen molar-refractivity contribution in [2.75, 3.05) is 43.0 Å². The summed E-state index contributed by atoms with van der Waals surface area (Å²) in [5, 5.41) is 13.4. The molecule has 1 saturated carbocycles. The van der Waals surface area contributed by atoms with Crippen LogP contribution in [0.5, 0.6) is 0 Å². The Kier molecular flexibility index (Phi) is 6.30. The lowest BCUT2D eigenvalue weighted by molar-refractivity contribution is -0.207. The minimum absolute atomic E-state index is 0.0517. The van der Waals surface area contributed by atoms with E-state index < -0.39 is 0 Å². The quantitative estimate of drug-likeness (QED) is 0.804. The van der Waals surface area contributed by atoms with Gasteiger partial charge in [-0.15, -0.1) is 0 Å². The standard InChI is InChI=1S/C23H35N3O3/c1-2-29-21-17-20(27)23(21)11-15-26(16-12-23)22(28)24-18-7-9-19(10-8-18)25-13-5-3-4-6-14-25/h7-10,20-21,27H,2-6,11-17H2,1H3,(H,24,28)/t20-,21+/m0/s1. The monoisotopic (exact) mass is 401 g/mol. The van der Waals surface area contributed by atoms with E-state index in [0.29, 0.717) is 19.7 Å². The van der Waals surface area contributed by atoms with E-state index in [1.165, 1.54) is 31.4 Å². The number of hydrogen-bond donors (Lipinski definition) is 2. The first kappa shape index (κ1) is 20.5. The lowest BCUT2D eigenvalue weighted by atomic mass is 9.58. The third-order valence-corrected chi connectivity index (χ3v) is 7.18. The first-order valence-corrected chi connectivity index (χ1v) is 11.3. The number of rotatable bonds is 4. The Morgan fingerprint density at radius 3 is 2.34 bits per heavy atom. The van der Waals surface area contributed by atoms with Crippen LogP contribution in [0.15, 0.2) is 24.3 Å². The number of ether oxygens (including phenoxy) is 1. The van der Waals surface area contributed by atoms with Gasteiger partial charge in [0.1, 0.15) is 0 Å². The van der Waals surface area contributed by atoms with E-state index in [1.807, 2.05) is 24.0 Å². The fourth-order valence-electron chi connectivity index (χ4n) is 5.23. The summed E-state index contributed by atoms with van der Waals surface area (Å²) >= 11 is 0. The van der Waals surface area contributed by atoms with Gasteiger partial charge in [-0.25, -0.2) is 4.79 Å². The molecule has 2 saturated heterocycles. The molecule has 0 unspecified atom stereocenters. The Hall–Kier alpha value is -1.79. The molecule has 2 aliphatic heterocycles. The molecule has 29 heavy (non-hydrogen) atoms. The Labute approximate surface area is 174 Å². The average molecular weight is 402 g/mol. The molecule has 6 heteroatoms. The number of aliphatic hydroxyl groups is 1. The molecule has 0 bridgehead atoms. The van der Waals surface area contributed by atoms with Crippen molar-refractivity contribution in [3.8, 4) is 0 Å². The summed E-state index contributed by atoms with van der Waals surface area (Å²) in [6, 6.07) is 8.19. The van der Waals surface area contributed by atoms with Crippen molar-refractivity contribution in [2.24, 2.45) is 5.41 Å².